The third kappa shape index (κ3) is 1.52. The molecule has 2 nitrogen and oxygen atoms in total. The molecule has 0 aliphatic rings. The average Bonchev–Trinajstić information content (AvgIpc) is 2.03. The number of anilines is 2. The smallest absolute Gasteiger partial charge is 0.0370 e. The highest BCUT2D eigenvalue weighted by molar-refractivity contribution is 5.62. The van der Waals surface area contributed by atoms with Gasteiger partial charge in [-0.2, -0.15) is 0 Å². The van der Waals surface area contributed by atoms with Crippen molar-refractivity contribution in [1.29, 1.82) is 0 Å². The average molecular weight is 164 g/mol. The molecule has 0 aliphatic heterocycles. The van der Waals surface area contributed by atoms with Crippen molar-refractivity contribution in [3.05, 3.63) is 23.8 Å². The molecule has 0 fully saturated rings. The molecule has 0 aromatic heterocycles. The lowest BCUT2D eigenvalue weighted by Gasteiger charge is -2.14. The summed E-state index contributed by atoms with van der Waals surface area (Å²) in [5.74, 6) is 0.450. The first kappa shape index (κ1) is 8.91. The standard InChI is InChI=1S/C10H16N2/c1-3-7(2)10-8(11)5-4-6-9(10)12/h4-7H,3,11-12H2,1-2H3. The van der Waals surface area contributed by atoms with Gasteiger partial charge in [0, 0.05) is 16.9 Å². The van der Waals surface area contributed by atoms with Crippen LogP contribution in [0.4, 0.5) is 11.4 Å². The van der Waals surface area contributed by atoms with Crippen LogP contribution in [0.25, 0.3) is 0 Å². The summed E-state index contributed by atoms with van der Waals surface area (Å²) in [5, 5.41) is 0. The Labute approximate surface area is 73.6 Å². The molecule has 0 bridgehead atoms. The Balaban J connectivity index is 3.12. The third-order valence-corrected chi connectivity index (χ3v) is 2.28. The Morgan fingerprint density at radius 2 is 1.75 bits per heavy atom. The molecule has 1 rings (SSSR count). The van der Waals surface area contributed by atoms with Gasteiger partial charge in [0.2, 0.25) is 0 Å². The zero-order valence-corrected chi connectivity index (χ0v) is 7.67. The summed E-state index contributed by atoms with van der Waals surface area (Å²) >= 11 is 0. The number of rotatable bonds is 2. The first-order valence-electron chi connectivity index (χ1n) is 4.30. The van der Waals surface area contributed by atoms with E-state index in [9.17, 15) is 0 Å². The molecule has 12 heavy (non-hydrogen) atoms. The molecule has 0 spiro atoms. The van der Waals surface area contributed by atoms with Crippen molar-refractivity contribution < 1.29 is 0 Å². The Bertz CT molecular complexity index is 248. The van der Waals surface area contributed by atoms with Gasteiger partial charge in [-0.05, 0) is 24.5 Å². The minimum Gasteiger partial charge on any atom is -0.398 e. The number of hydrogen-bond donors (Lipinski definition) is 2. The molecule has 0 radical (unpaired) electrons. The second-order valence-electron chi connectivity index (χ2n) is 3.16. The van der Waals surface area contributed by atoms with Crippen LogP contribution in [-0.4, -0.2) is 0 Å². The molecular weight excluding hydrogens is 148 g/mol. The summed E-state index contributed by atoms with van der Waals surface area (Å²) in [6, 6.07) is 5.69. The number of hydrogen-bond acceptors (Lipinski definition) is 2. The maximum Gasteiger partial charge on any atom is 0.0370 e. The van der Waals surface area contributed by atoms with Crippen LogP contribution in [0.15, 0.2) is 18.2 Å². The van der Waals surface area contributed by atoms with E-state index in [0.717, 1.165) is 23.4 Å². The van der Waals surface area contributed by atoms with Crippen LogP contribution in [0.3, 0.4) is 0 Å². The van der Waals surface area contributed by atoms with Crippen molar-refractivity contribution in [3.8, 4) is 0 Å². The van der Waals surface area contributed by atoms with Gasteiger partial charge in [0.15, 0.2) is 0 Å². The molecular formula is C10H16N2. The highest BCUT2D eigenvalue weighted by Gasteiger charge is 2.09. The molecule has 4 N–H and O–H groups in total. The topological polar surface area (TPSA) is 52.0 Å². The van der Waals surface area contributed by atoms with Crippen LogP contribution in [0.2, 0.25) is 0 Å². The summed E-state index contributed by atoms with van der Waals surface area (Å²) < 4.78 is 0. The number of benzene rings is 1. The first-order chi connectivity index (χ1) is 5.66. The molecule has 0 aliphatic carbocycles. The molecule has 0 saturated carbocycles. The van der Waals surface area contributed by atoms with Crippen molar-refractivity contribution >= 4 is 11.4 Å². The van der Waals surface area contributed by atoms with Crippen LogP contribution in [-0.2, 0) is 0 Å². The van der Waals surface area contributed by atoms with E-state index in [1.807, 2.05) is 18.2 Å². The van der Waals surface area contributed by atoms with E-state index in [4.69, 9.17) is 11.5 Å². The fourth-order valence-corrected chi connectivity index (χ4v) is 1.37. The lowest BCUT2D eigenvalue weighted by Crippen LogP contribution is -2.02. The Morgan fingerprint density at radius 1 is 1.25 bits per heavy atom. The van der Waals surface area contributed by atoms with Crippen LogP contribution >= 0.6 is 0 Å². The summed E-state index contributed by atoms with van der Waals surface area (Å²) in [6.45, 7) is 4.28. The minimum atomic E-state index is 0.450. The van der Waals surface area contributed by atoms with Crippen LogP contribution < -0.4 is 11.5 Å². The van der Waals surface area contributed by atoms with Gasteiger partial charge in [-0.3, -0.25) is 0 Å². The van der Waals surface area contributed by atoms with E-state index in [1.54, 1.807) is 0 Å². The zero-order chi connectivity index (χ0) is 9.14. The first-order valence-corrected chi connectivity index (χ1v) is 4.30. The van der Waals surface area contributed by atoms with Crippen molar-refractivity contribution in [2.24, 2.45) is 0 Å². The predicted octanol–water partition coefficient (Wildman–Crippen LogP) is 2.36. The van der Waals surface area contributed by atoms with E-state index in [-0.39, 0.29) is 0 Å². The maximum absolute atomic E-state index is 5.82. The van der Waals surface area contributed by atoms with Gasteiger partial charge in [0.1, 0.15) is 0 Å². The monoisotopic (exact) mass is 164 g/mol. The maximum atomic E-state index is 5.82. The molecule has 0 heterocycles. The quantitative estimate of drug-likeness (QED) is 0.659. The SMILES string of the molecule is CCC(C)c1c(N)cccc1N. The molecule has 66 valence electrons. The largest absolute Gasteiger partial charge is 0.398 e. The fraction of sp³-hybridized carbons (Fsp3) is 0.400. The normalized spacial score (nSPS) is 12.8. The number of nitrogen functional groups attached to an aromatic ring is 2. The number of nitrogens with two attached hydrogens (primary N) is 2. The van der Waals surface area contributed by atoms with Gasteiger partial charge in [-0.25, -0.2) is 0 Å². The summed E-state index contributed by atoms with van der Waals surface area (Å²) in [5.41, 5.74) is 14.4. The lowest BCUT2D eigenvalue weighted by atomic mass is 9.95. The molecule has 1 unspecified atom stereocenters. The van der Waals surface area contributed by atoms with Crippen molar-refractivity contribution in [2.45, 2.75) is 26.2 Å². The molecule has 0 saturated heterocycles. The van der Waals surface area contributed by atoms with E-state index < -0.39 is 0 Å². The summed E-state index contributed by atoms with van der Waals surface area (Å²) in [6.07, 6.45) is 1.07. The van der Waals surface area contributed by atoms with Gasteiger partial charge in [-0.15, -0.1) is 0 Å². The Kier molecular flexibility index (Phi) is 2.58. The molecule has 1 aromatic rings. The highest BCUT2D eigenvalue weighted by Crippen LogP contribution is 2.29. The van der Waals surface area contributed by atoms with Gasteiger partial charge in [0.25, 0.3) is 0 Å². The Morgan fingerprint density at radius 3 is 2.17 bits per heavy atom. The van der Waals surface area contributed by atoms with Crippen LogP contribution in [0.5, 0.6) is 0 Å². The summed E-state index contributed by atoms with van der Waals surface area (Å²) in [7, 11) is 0. The molecule has 2 heteroatoms. The van der Waals surface area contributed by atoms with Gasteiger partial charge in [0.05, 0.1) is 0 Å². The van der Waals surface area contributed by atoms with Crippen LogP contribution in [0.1, 0.15) is 31.7 Å². The lowest BCUT2D eigenvalue weighted by molar-refractivity contribution is 0.738. The second kappa shape index (κ2) is 3.48. The second-order valence-corrected chi connectivity index (χ2v) is 3.16. The molecule has 1 atom stereocenters. The third-order valence-electron chi connectivity index (χ3n) is 2.28. The van der Waals surface area contributed by atoms with Crippen LogP contribution in [0, 0.1) is 0 Å². The predicted molar refractivity (Wildman–Crippen MR) is 54.0 cm³/mol. The van der Waals surface area contributed by atoms with Crippen molar-refractivity contribution in [3.63, 3.8) is 0 Å². The van der Waals surface area contributed by atoms with Gasteiger partial charge >= 0.3 is 0 Å². The van der Waals surface area contributed by atoms with E-state index >= 15 is 0 Å². The zero-order valence-electron chi connectivity index (χ0n) is 7.67. The fourth-order valence-electron chi connectivity index (χ4n) is 1.37. The van der Waals surface area contributed by atoms with E-state index in [0.29, 0.717) is 5.92 Å². The minimum absolute atomic E-state index is 0.450. The van der Waals surface area contributed by atoms with Gasteiger partial charge in [-0.1, -0.05) is 19.9 Å². The van der Waals surface area contributed by atoms with Crippen molar-refractivity contribution in [1.82, 2.24) is 0 Å². The van der Waals surface area contributed by atoms with Gasteiger partial charge < -0.3 is 11.5 Å². The van der Waals surface area contributed by atoms with E-state index in [2.05, 4.69) is 13.8 Å². The highest BCUT2D eigenvalue weighted by atomic mass is 14.6. The summed E-state index contributed by atoms with van der Waals surface area (Å²) in [4.78, 5) is 0. The molecule has 1 aromatic carbocycles. The Hall–Kier alpha value is -1.18. The molecule has 0 amide bonds. The van der Waals surface area contributed by atoms with E-state index in [1.165, 1.54) is 0 Å². The van der Waals surface area contributed by atoms with Crippen molar-refractivity contribution in [2.75, 3.05) is 11.5 Å².